The average molecular weight is 473 g/mol. The topological polar surface area (TPSA) is 108 Å². The Morgan fingerprint density at radius 1 is 1.18 bits per heavy atom. The summed E-state index contributed by atoms with van der Waals surface area (Å²) in [5.74, 6) is -0.227. The number of ether oxygens (including phenoxy) is 1. The summed E-state index contributed by atoms with van der Waals surface area (Å²) >= 11 is 1.10. The molecule has 0 saturated heterocycles. The molecule has 0 spiro atoms. The zero-order valence-corrected chi connectivity index (χ0v) is 19.8. The number of carbonyl (C=O) groups is 1. The van der Waals surface area contributed by atoms with Gasteiger partial charge >= 0.3 is 0 Å². The van der Waals surface area contributed by atoms with E-state index in [1.807, 2.05) is 44.2 Å². The number of nitrogens with one attached hydrogen (secondary N) is 1. The Bertz CT molecular complexity index is 1420. The van der Waals surface area contributed by atoms with Crippen molar-refractivity contribution in [2.24, 2.45) is 0 Å². The molecule has 172 valence electrons. The minimum Gasteiger partial charge on any atom is -0.382 e. The van der Waals surface area contributed by atoms with E-state index in [9.17, 15) is 20.1 Å². The summed E-state index contributed by atoms with van der Waals surface area (Å²) in [4.78, 5) is 25.6. The summed E-state index contributed by atoms with van der Waals surface area (Å²) in [6.07, 6.45) is 2.28. The normalized spacial score (nSPS) is 11.0. The molecule has 8 heteroatoms. The lowest BCUT2D eigenvalue weighted by Gasteiger charge is -2.06. The number of nitrogens with zero attached hydrogens (tertiary/aromatic N) is 3. The Hall–Kier alpha value is -3.98. The number of aryl methyl sites for hydroxylation is 1. The van der Waals surface area contributed by atoms with Crippen LogP contribution < -0.4 is 20.1 Å². The predicted molar refractivity (Wildman–Crippen MR) is 133 cm³/mol. The highest BCUT2D eigenvalue weighted by molar-refractivity contribution is 7.07. The van der Waals surface area contributed by atoms with Gasteiger partial charge in [-0.3, -0.25) is 14.2 Å². The predicted octanol–water partition coefficient (Wildman–Crippen LogP) is 2.92. The molecule has 0 aliphatic heterocycles. The molecule has 2 aromatic carbocycles. The molecule has 0 radical (unpaired) electrons. The fraction of sp³-hybridized carbons (Fsp3) is 0.231. The summed E-state index contributed by atoms with van der Waals surface area (Å²) < 4.78 is 7.53. The van der Waals surface area contributed by atoms with Crippen LogP contribution >= 0.6 is 11.3 Å². The summed E-state index contributed by atoms with van der Waals surface area (Å²) in [6.45, 7) is 5.25. The second-order valence-electron chi connectivity index (χ2n) is 7.47. The van der Waals surface area contributed by atoms with E-state index in [-0.39, 0.29) is 17.0 Å². The number of rotatable bonds is 8. The van der Waals surface area contributed by atoms with Gasteiger partial charge in [0.15, 0.2) is 5.57 Å². The van der Waals surface area contributed by atoms with Crippen molar-refractivity contribution in [1.82, 2.24) is 4.57 Å². The van der Waals surface area contributed by atoms with Gasteiger partial charge in [0.1, 0.15) is 16.8 Å². The molecule has 0 unspecified atom stereocenters. The van der Waals surface area contributed by atoms with Crippen molar-refractivity contribution in [3.8, 4) is 12.1 Å². The third-order valence-electron chi connectivity index (χ3n) is 4.98. The van der Waals surface area contributed by atoms with Crippen LogP contribution in [0.25, 0.3) is 11.6 Å². The molecule has 0 bridgehead atoms. The second kappa shape index (κ2) is 11.8. The van der Waals surface area contributed by atoms with Crippen LogP contribution in [0.3, 0.4) is 0 Å². The first-order valence-electron chi connectivity index (χ1n) is 10.8. The molecule has 1 amide bonds. The Balaban J connectivity index is 1.95. The lowest BCUT2D eigenvalue weighted by molar-refractivity contribution is 0.102. The summed E-state index contributed by atoms with van der Waals surface area (Å²) in [6, 6.07) is 18.2. The maximum atomic E-state index is 13.1. The van der Waals surface area contributed by atoms with Crippen LogP contribution in [0, 0.1) is 29.6 Å². The van der Waals surface area contributed by atoms with E-state index in [1.54, 1.807) is 36.4 Å². The fourth-order valence-corrected chi connectivity index (χ4v) is 4.34. The van der Waals surface area contributed by atoms with Crippen LogP contribution in [0.2, 0.25) is 0 Å². The average Bonchev–Trinajstić information content (AvgIpc) is 3.13. The number of hydrogen-bond acceptors (Lipinski definition) is 6. The van der Waals surface area contributed by atoms with Crippen molar-refractivity contribution in [2.75, 3.05) is 18.5 Å². The SMILES string of the molecule is CCOCCCn1c(=C(C#N)C#N)s/c(=C/c2cccc(NC(=O)c3ccc(C)cc3)c2)c1=O. The van der Waals surface area contributed by atoms with Crippen LogP contribution in [-0.2, 0) is 11.3 Å². The minimum atomic E-state index is -0.270. The minimum absolute atomic E-state index is 0.0997. The number of aromatic nitrogens is 1. The second-order valence-corrected chi connectivity index (χ2v) is 8.50. The molecule has 0 fully saturated rings. The molecular weight excluding hydrogens is 448 g/mol. The molecule has 0 saturated carbocycles. The van der Waals surface area contributed by atoms with Gasteiger partial charge in [-0.15, -0.1) is 11.3 Å². The Morgan fingerprint density at radius 3 is 2.59 bits per heavy atom. The zero-order valence-electron chi connectivity index (χ0n) is 19.0. The molecule has 0 aliphatic rings. The smallest absolute Gasteiger partial charge is 0.269 e. The highest BCUT2D eigenvalue weighted by Crippen LogP contribution is 2.13. The molecule has 1 N–H and O–H groups in total. The van der Waals surface area contributed by atoms with E-state index in [0.29, 0.717) is 52.2 Å². The fourth-order valence-electron chi connectivity index (χ4n) is 3.26. The molecule has 0 atom stereocenters. The first-order valence-corrected chi connectivity index (χ1v) is 11.6. The van der Waals surface area contributed by atoms with Crippen LogP contribution in [0.1, 0.15) is 34.8 Å². The van der Waals surface area contributed by atoms with Crippen molar-refractivity contribution < 1.29 is 9.53 Å². The van der Waals surface area contributed by atoms with E-state index in [1.165, 1.54) is 4.57 Å². The van der Waals surface area contributed by atoms with Gasteiger partial charge in [0.2, 0.25) is 0 Å². The van der Waals surface area contributed by atoms with Crippen LogP contribution in [0.15, 0.2) is 53.3 Å². The van der Waals surface area contributed by atoms with Crippen LogP contribution in [-0.4, -0.2) is 23.7 Å². The number of nitriles is 2. The first-order chi connectivity index (χ1) is 16.5. The summed E-state index contributed by atoms with van der Waals surface area (Å²) in [5, 5.41) is 21.5. The summed E-state index contributed by atoms with van der Waals surface area (Å²) in [7, 11) is 0. The maximum absolute atomic E-state index is 13.1. The number of benzene rings is 2. The summed E-state index contributed by atoms with van der Waals surface area (Å²) in [5.41, 5.74) is 2.55. The molecule has 3 aromatic rings. The van der Waals surface area contributed by atoms with Gasteiger partial charge in [-0.1, -0.05) is 29.8 Å². The molecule has 7 nitrogen and oxygen atoms in total. The van der Waals surface area contributed by atoms with Crippen molar-refractivity contribution in [3.63, 3.8) is 0 Å². The number of thiazole rings is 1. The molecule has 1 aromatic heterocycles. The van der Waals surface area contributed by atoms with Gasteiger partial charge in [0.05, 0.1) is 4.53 Å². The molecule has 0 aliphatic carbocycles. The Labute approximate surface area is 201 Å². The monoisotopic (exact) mass is 472 g/mol. The molecule has 34 heavy (non-hydrogen) atoms. The highest BCUT2D eigenvalue weighted by Gasteiger charge is 2.10. The molecular formula is C26H24N4O3S. The largest absolute Gasteiger partial charge is 0.382 e. The van der Waals surface area contributed by atoms with Crippen molar-refractivity contribution in [1.29, 1.82) is 10.5 Å². The number of hydrogen-bond donors (Lipinski definition) is 1. The van der Waals surface area contributed by atoms with Gasteiger partial charge in [-0.05, 0) is 56.2 Å². The Morgan fingerprint density at radius 2 is 1.91 bits per heavy atom. The molecule has 1 heterocycles. The van der Waals surface area contributed by atoms with E-state index >= 15 is 0 Å². The van der Waals surface area contributed by atoms with Crippen LogP contribution in [0.4, 0.5) is 5.69 Å². The third-order valence-corrected chi connectivity index (χ3v) is 6.11. The lowest BCUT2D eigenvalue weighted by atomic mass is 10.1. The standard InChI is InChI=1S/C26H24N4O3S/c1-3-33-13-5-12-30-25(32)23(34-26(30)21(16-27)17-28)15-19-6-4-7-22(14-19)29-24(31)20-10-8-18(2)9-11-20/h4,6-11,14-15H,3,5,12-13H2,1-2H3,(H,29,31)/b23-15+. The van der Waals surface area contributed by atoms with Crippen molar-refractivity contribution in [2.45, 2.75) is 26.8 Å². The van der Waals surface area contributed by atoms with E-state index < -0.39 is 0 Å². The van der Waals surface area contributed by atoms with E-state index in [0.717, 1.165) is 16.9 Å². The number of anilines is 1. The van der Waals surface area contributed by atoms with E-state index in [4.69, 9.17) is 4.74 Å². The van der Waals surface area contributed by atoms with Gasteiger partial charge in [-0.2, -0.15) is 10.5 Å². The van der Waals surface area contributed by atoms with E-state index in [2.05, 4.69) is 5.32 Å². The van der Waals surface area contributed by atoms with Gasteiger partial charge < -0.3 is 10.1 Å². The lowest BCUT2D eigenvalue weighted by Crippen LogP contribution is -2.32. The highest BCUT2D eigenvalue weighted by atomic mass is 32.1. The van der Waals surface area contributed by atoms with Crippen molar-refractivity contribution >= 4 is 34.6 Å². The maximum Gasteiger partial charge on any atom is 0.269 e. The third kappa shape index (κ3) is 6.08. The quantitative estimate of drug-likeness (QED) is 0.507. The number of amides is 1. The van der Waals surface area contributed by atoms with Crippen LogP contribution in [0.5, 0.6) is 0 Å². The van der Waals surface area contributed by atoms with Crippen molar-refractivity contribution in [3.05, 3.63) is 84.8 Å². The van der Waals surface area contributed by atoms with Gasteiger partial charge in [0, 0.05) is 31.0 Å². The van der Waals surface area contributed by atoms with Gasteiger partial charge in [0.25, 0.3) is 11.5 Å². The molecule has 3 rings (SSSR count). The first kappa shape index (κ1) is 24.7. The van der Waals surface area contributed by atoms with Gasteiger partial charge in [-0.25, -0.2) is 0 Å². The number of carbonyl (C=O) groups excluding carboxylic acids is 1. The Kier molecular flexibility index (Phi) is 8.53. The zero-order chi connectivity index (χ0) is 24.5.